The smallest absolute Gasteiger partial charge is 0.332 e. The van der Waals surface area contributed by atoms with E-state index in [1.807, 2.05) is 0 Å². The number of methoxy groups -OCH3 is 1. The van der Waals surface area contributed by atoms with Crippen molar-refractivity contribution in [3.05, 3.63) is 27.0 Å². The zero-order valence-electron chi connectivity index (χ0n) is 18.7. The Morgan fingerprint density at radius 2 is 2.06 bits per heavy atom. The molecule has 0 radical (unpaired) electrons. The fourth-order valence-corrected chi connectivity index (χ4v) is 4.16. The number of anilines is 1. The molecule has 0 spiro atoms. The molecule has 1 aromatic rings. The summed E-state index contributed by atoms with van der Waals surface area (Å²) in [6.45, 7) is 3.93. The van der Waals surface area contributed by atoms with Gasteiger partial charge in [-0.2, -0.15) is 0 Å². The van der Waals surface area contributed by atoms with Crippen LogP contribution in [-0.4, -0.2) is 93.1 Å². The molecule has 2 fully saturated rings. The summed E-state index contributed by atoms with van der Waals surface area (Å²) in [6.07, 6.45) is 1.99. The third kappa shape index (κ3) is 7.41. The number of likely N-dealkylation sites (tertiary alicyclic amines) is 1. The number of pyridine rings is 1. The zero-order chi connectivity index (χ0) is 23.8. The van der Waals surface area contributed by atoms with Crippen molar-refractivity contribution in [2.45, 2.75) is 37.5 Å². The third-order valence-corrected chi connectivity index (χ3v) is 6.20. The molecule has 33 heavy (non-hydrogen) atoms. The molecule has 3 heterocycles. The normalized spacial score (nSPS) is 22.1. The molecule has 2 aliphatic heterocycles. The molecule has 0 unspecified atom stereocenters. The number of aromatic amines is 1. The number of nitrogen functional groups attached to an aromatic ring is 1. The average Bonchev–Trinajstić information content (AvgIpc) is 2.80. The van der Waals surface area contributed by atoms with Gasteiger partial charge in [-0.3, -0.25) is 14.5 Å². The summed E-state index contributed by atoms with van der Waals surface area (Å²) in [5.74, 6) is -0.854. The number of ether oxygens (including phenoxy) is 3. The van der Waals surface area contributed by atoms with Crippen molar-refractivity contribution in [1.82, 2.24) is 20.5 Å². The Morgan fingerprint density at radius 3 is 2.79 bits per heavy atom. The highest BCUT2D eigenvalue weighted by Gasteiger charge is 2.31. The van der Waals surface area contributed by atoms with E-state index in [1.165, 1.54) is 6.07 Å². The monoisotopic (exact) mass is 485 g/mol. The molecule has 2 atom stereocenters. The lowest BCUT2D eigenvalue weighted by Crippen LogP contribution is -2.55. The van der Waals surface area contributed by atoms with Crippen molar-refractivity contribution >= 4 is 29.3 Å². The van der Waals surface area contributed by atoms with Gasteiger partial charge in [0, 0.05) is 26.7 Å². The van der Waals surface area contributed by atoms with Crippen molar-refractivity contribution in [3.8, 4) is 0 Å². The summed E-state index contributed by atoms with van der Waals surface area (Å²) in [7, 11) is 1.58. The molecule has 1 aromatic heterocycles. The molecule has 0 aromatic carbocycles. The Morgan fingerprint density at radius 1 is 1.30 bits per heavy atom. The van der Waals surface area contributed by atoms with Gasteiger partial charge in [-0.05, 0) is 38.4 Å². The first-order valence-corrected chi connectivity index (χ1v) is 11.5. The fourth-order valence-electron chi connectivity index (χ4n) is 4.00. The molecular formula is C21H32ClN5O6. The number of piperidine rings is 2. The summed E-state index contributed by atoms with van der Waals surface area (Å²) >= 11 is 5.93. The van der Waals surface area contributed by atoms with Crippen molar-refractivity contribution in [3.63, 3.8) is 0 Å². The molecule has 2 aliphatic rings. The van der Waals surface area contributed by atoms with Gasteiger partial charge < -0.3 is 35.6 Å². The summed E-state index contributed by atoms with van der Waals surface area (Å²) < 4.78 is 16.5. The maximum Gasteiger partial charge on any atom is 0.332 e. The van der Waals surface area contributed by atoms with Gasteiger partial charge in [0.15, 0.2) is 0 Å². The predicted molar refractivity (Wildman–Crippen MR) is 122 cm³/mol. The number of nitrogens with one attached hydrogen (secondary N) is 3. The summed E-state index contributed by atoms with van der Waals surface area (Å²) in [5, 5.41) is 6.19. The van der Waals surface area contributed by atoms with Crippen LogP contribution in [0.1, 0.15) is 29.6 Å². The van der Waals surface area contributed by atoms with Crippen LogP contribution in [0.25, 0.3) is 0 Å². The minimum absolute atomic E-state index is 0.0167. The van der Waals surface area contributed by atoms with Gasteiger partial charge in [-0.15, -0.1) is 0 Å². The van der Waals surface area contributed by atoms with Crippen LogP contribution in [0.2, 0.25) is 5.02 Å². The number of amides is 1. The highest BCUT2D eigenvalue weighted by atomic mass is 35.5. The second-order valence-corrected chi connectivity index (χ2v) is 8.62. The topological polar surface area (TPSA) is 148 Å². The van der Waals surface area contributed by atoms with Gasteiger partial charge in [-0.25, -0.2) is 4.79 Å². The lowest BCUT2D eigenvalue weighted by molar-refractivity contribution is -0.155. The number of aromatic nitrogens is 1. The van der Waals surface area contributed by atoms with E-state index in [0.29, 0.717) is 32.7 Å². The number of carbonyl (C=O) groups excluding carboxylic acids is 2. The number of rotatable bonds is 9. The number of H-pyrrole nitrogens is 1. The van der Waals surface area contributed by atoms with Crippen LogP contribution in [-0.2, 0) is 19.0 Å². The van der Waals surface area contributed by atoms with E-state index in [4.69, 9.17) is 31.5 Å². The van der Waals surface area contributed by atoms with Crippen LogP contribution in [0.15, 0.2) is 10.9 Å². The Kier molecular flexibility index (Phi) is 9.51. The molecule has 0 saturated carbocycles. The number of nitrogens with two attached hydrogens (primary N) is 1. The van der Waals surface area contributed by atoms with E-state index < -0.39 is 11.5 Å². The largest absolute Gasteiger partial charge is 0.461 e. The first kappa shape index (κ1) is 25.4. The predicted octanol–water partition coefficient (Wildman–Crippen LogP) is -0.259. The lowest BCUT2D eigenvalue weighted by Gasteiger charge is -2.38. The number of nitrogens with zero attached hydrogens (tertiary/aromatic N) is 1. The molecule has 0 bridgehead atoms. The van der Waals surface area contributed by atoms with Crippen LogP contribution in [0.3, 0.4) is 0 Å². The van der Waals surface area contributed by atoms with Crippen molar-refractivity contribution in [2.24, 2.45) is 0 Å². The van der Waals surface area contributed by atoms with Crippen LogP contribution >= 0.6 is 11.6 Å². The van der Waals surface area contributed by atoms with E-state index in [1.54, 1.807) is 7.11 Å². The second-order valence-electron chi connectivity index (χ2n) is 8.21. The summed E-state index contributed by atoms with van der Waals surface area (Å²) in [4.78, 5) is 41.0. The molecule has 12 heteroatoms. The van der Waals surface area contributed by atoms with Crippen LogP contribution in [0.5, 0.6) is 0 Å². The number of halogens is 1. The standard InChI is InChI=1S/C21H32ClN5O6/c1-31-17-11-27(8-9-32-12-18(28)33-13-2-5-24-6-3-13)7-4-16(17)25-20(29)14-10-15(22)19(23)26-21(14)30/h10,13,16-17,24H,2-9,11-12H2,1H3,(H,25,29)(H3,23,26,30)/t16-,17+/m0/s1. The molecule has 2 saturated heterocycles. The van der Waals surface area contributed by atoms with Gasteiger partial charge >= 0.3 is 5.97 Å². The zero-order valence-corrected chi connectivity index (χ0v) is 19.5. The minimum Gasteiger partial charge on any atom is -0.461 e. The van der Waals surface area contributed by atoms with Gasteiger partial charge in [-0.1, -0.05) is 11.6 Å². The van der Waals surface area contributed by atoms with Crippen LogP contribution in [0, 0.1) is 0 Å². The van der Waals surface area contributed by atoms with Gasteiger partial charge in [0.2, 0.25) is 0 Å². The number of esters is 1. The molecule has 5 N–H and O–H groups in total. The van der Waals surface area contributed by atoms with E-state index in [9.17, 15) is 14.4 Å². The summed E-state index contributed by atoms with van der Waals surface area (Å²) in [6, 6.07) is 0.991. The van der Waals surface area contributed by atoms with Gasteiger partial charge in [0.05, 0.1) is 23.8 Å². The quantitative estimate of drug-likeness (QED) is 0.274. The molecule has 0 aliphatic carbocycles. The molecule has 184 valence electrons. The Labute approximate surface area is 197 Å². The van der Waals surface area contributed by atoms with Crippen LogP contribution < -0.4 is 21.9 Å². The Hall–Kier alpha value is -2.18. The summed E-state index contributed by atoms with van der Waals surface area (Å²) in [5.41, 5.74) is 4.86. The fraction of sp³-hybridized carbons (Fsp3) is 0.667. The molecular weight excluding hydrogens is 454 g/mol. The number of hydrogen-bond donors (Lipinski definition) is 4. The van der Waals surface area contributed by atoms with Crippen molar-refractivity contribution in [2.75, 3.05) is 58.8 Å². The highest BCUT2D eigenvalue weighted by molar-refractivity contribution is 6.33. The molecule has 11 nitrogen and oxygen atoms in total. The minimum atomic E-state index is -0.600. The van der Waals surface area contributed by atoms with E-state index in [0.717, 1.165) is 25.9 Å². The van der Waals surface area contributed by atoms with E-state index in [2.05, 4.69) is 20.5 Å². The van der Waals surface area contributed by atoms with E-state index in [-0.39, 0.29) is 47.2 Å². The van der Waals surface area contributed by atoms with E-state index >= 15 is 0 Å². The van der Waals surface area contributed by atoms with Crippen LogP contribution in [0.4, 0.5) is 5.82 Å². The van der Waals surface area contributed by atoms with Crippen molar-refractivity contribution in [1.29, 1.82) is 0 Å². The molecule has 3 rings (SSSR count). The SMILES string of the molecule is CO[C@@H]1CN(CCOCC(=O)OC2CCNCC2)CC[C@@H]1NC(=O)c1cc(Cl)c(N)[nH]c1=O. The first-order chi connectivity index (χ1) is 15.9. The highest BCUT2D eigenvalue weighted by Crippen LogP contribution is 2.17. The maximum atomic E-state index is 12.6. The number of hydrogen-bond acceptors (Lipinski definition) is 9. The lowest BCUT2D eigenvalue weighted by atomic mass is 10.0. The Balaban J connectivity index is 1.40. The van der Waals surface area contributed by atoms with Crippen molar-refractivity contribution < 1.29 is 23.8 Å². The average molecular weight is 486 g/mol. The first-order valence-electron chi connectivity index (χ1n) is 11.1. The Bertz CT molecular complexity index is 875. The maximum absolute atomic E-state index is 12.6. The molecule has 1 amide bonds. The van der Waals surface area contributed by atoms with Gasteiger partial charge in [0.1, 0.15) is 24.1 Å². The second kappa shape index (κ2) is 12.3. The third-order valence-electron chi connectivity index (χ3n) is 5.88. The van der Waals surface area contributed by atoms with Gasteiger partial charge in [0.25, 0.3) is 11.5 Å². The number of carbonyl (C=O) groups is 2.